The molecule has 35 heavy (non-hydrogen) atoms. The average molecular weight is 510 g/mol. The van der Waals surface area contributed by atoms with Gasteiger partial charge in [-0.15, -0.1) is 8.78 Å². The van der Waals surface area contributed by atoms with Crippen LogP contribution in [0.3, 0.4) is 0 Å². The molecule has 1 unspecified atom stereocenters. The summed E-state index contributed by atoms with van der Waals surface area (Å²) >= 11 is 0. The van der Waals surface area contributed by atoms with Crippen LogP contribution in [-0.2, 0) is 23.6 Å². The normalized spacial score (nSPS) is 18.9. The molecule has 2 heterocycles. The maximum atomic E-state index is 13.4. The monoisotopic (exact) mass is 510 g/mol. The van der Waals surface area contributed by atoms with Crippen molar-refractivity contribution in [3.05, 3.63) is 52.6 Å². The number of nitrogens with one attached hydrogen (secondary N) is 2. The summed E-state index contributed by atoms with van der Waals surface area (Å²) in [5.41, 5.74) is -2.34. The maximum Gasteiger partial charge on any atom is 0.586 e. The second-order valence-electron chi connectivity index (χ2n) is 8.16. The van der Waals surface area contributed by atoms with Gasteiger partial charge in [-0.1, -0.05) is 0 Å². The summed E-state index contributed by atoms with van der Waals surface area (Å²) in [5, 5.41) is 5.72. The third kappa shape index (κ3) is 5.70. The van der Waals surface area contributed by atoms with E-state index in [0.717, 1.165) is 0 Å². The van der Waals surface area contributed by atoms with Gasteiger partial charge in [0.15, 0.2) is 11.5 Å². The van der Waals surface area contributed by atoms with Crippen molar-refractivity contribution in [3.63, 3.8) is 0 Å². The fourth-order valence-corrected chi connectivity index (χ4v) is 3.98. The third-order valence-electron chi connectivity index (χ3n) is 5.56. The molecule has 0 saturated heterocycles. The zero-order chi connectivity index (χ0) is 25.6. The van der Waals surface area contributed by atoms with Gasteiger partial charge >= 0.3 is 18.6 Å². The Bertz CT molecular complexity index is 1100. The van der Waals surface area contributed by atoms with Gasteiger partial charge in [0.05, 0.1) is 17.2 Å². The first-order chi connectivity index (χ1) is 16.2. The van der Waals surface area contributed by atoms with Gasteiger partial charge in [0.1, 0.15) is 0 Å². The first kappa shape index (κ1) is 24.9. The van der Waals surface area contributed by atoms with Crippen LogP contribution in [0, 0.1) is 0 Å². The summed E-state index contributed by atoms with van der Waals surface area (Å²) in [5.74, 6) is -1.03. The molecule has 0 bridgehead atoms. The Morgan fingerprint density at radius 2 is 1.57 bits per heavy atom. The second kappa shape index (κ2) is 8.76. The molecular weight excluding hydrogens is 492 g/mol. The molecule has 2 aliphatic heterocycles. The summed E-state index contributed by atoms with van der Waals surface area (Å²) in [6, 6.07) is 3.15. The molecule has 13 heteroatoms. The van der Waals surface area contributed by atoms with E-state index in [1.807, 2.05) is 0 Å². The number of rotatable bonds is 4. The van der Waals surface area contributed by atoms with E-state index in [9.17, 15) is 39.9 Å². The van der Waals surface area contributed by atoms with Crippen molar-refractivity contribution in [2.24, 2.45) is 0 Å². The van der Waals surface area contributed by atoms with Gasteiger partial charge in [-0.05, 0) is 49.1 Å². The number of alkyl halides is 8. The highest BCUT2D eigenvalue weighted by molar-refractivity contribution is 5.77. The molecule has 0 fully saturated rings. The zero-order valence-electron chi connectivity index (χ0n) is 17.7. The third-order valence-corrected chi connectivity index (χ3v) is 5.56. The minimum atomic E-state index is -4.99. The quantitative estimate of drug-likeness (QED) is 0.493. The standard InChI is InChI=1S/C22H18F8N2O3/c23-20(24,25)12-6-11(7-13(8-12)21(26,27)28)3-4-19(33)32-15-2-1-5-31-16-10-18-17(9-14(15)16)34-22(29,30)35-18/h6-10,15,31H,1-5H2,(H,32,33). The predicted octanol–water partition coefficient (Wildman–Crippen LogP) is 6.04. The predicted molar refractivity (Wildman–Crippen MR) is 106 cm³/mol. The van der Waals surface area contributed by atoms with Crippen molar-refractivity contribution < 1.29 is 49.4 Å². The van der Waals surface area contributed by atoms with Gasteiger partial charge in [0.2, 0.25) is 5.91 Å². The van der Waals surface area contributed by atoms with Crippen molar-refractivity contribution in [2.45, 2.75) is 50.4 Å². The van der Waals surface area contributed by atoms with Crippen molar-refractivity contribution in [1.29, 1.82) is 0 Å². The van der Waals surface area contributed by atoms with E-state index in [4.69, 9.17) is 0 Å². The SMILES string of the molecule is O=C(CCc1cc(C(F)(F)F)cc(C(F)(F)F)c1)NC1CCCNc2cc3c(cc21)OC(F)(F)O3. The molecule has 2 aromatic rings. The van der Waals surface area contributed by atoms with Crippen molar-refractivity contribution >= 4 is 11.6 Å². The van der Waals surface area contributed by atoms with E-state index in [-0.39, 0.29) is 36.0 Å². The number of carbonyl (C=O) groups is 1. The molecule has 4 rings (SSSR count). The van der Waals surface area contributed by atoms with Crippen LogP contribution in [0.1, 0.15) is 47.6 Å². The average Bonchev–Trinajstić information content (AvgIpc) is 2.92. The van der Waals surface area contributed by atoms with E-state index in [0.29, 0.717) is 42.8 Å². The number of ether oxygens (including phenoxy) is 2. The number of carbonyl (C=O) groups excluding carboxylic acids is 1. The first-order valence-electron chi connectivity index (χ1n) is 10.5. The molecule has 5 nitrogen and oxygen atoms in total. The molecule has 2 aliphatic rings. The number of fused-ring (bicyclic) bond motifs is 2. The molecule has 0 aliphatic carbocycles. The zero-order valence-corrected chi connectivity index (χ0v) is 17.7. The Balaban J connectivity index is 1.49. The second-order valence-corrected chi connectivity index (χ2v) is 8.16. The topological polar surface area (TPSA) is 59.6 Å². The first-order valence-corrected chi connectivity index (χ1v) is 10.5. The van der Waals surface area contributed by atoms with Crippen LogP contribution in [0.25, 0.3) is 0 Å². The van der Waals surface area contributed by atoms with Gasteiger partial charge in [-0.2, -0.15) is 26.3 Å². The van der Waals surface area contributed by atoms with Crippen LogP contribution in [-0.4, -0.2) is 18.7 Å². The lowest BCUT2D eigenvalue weighted by Gasteiger charge is -2.20. The molecule has 1 atom stereocenters. The Labute approximate surface area is 193 Å². The number of halogens is 8. The number of benzene rings is 2. The van der Waals surface area contributed by atoms with Crippen LogP contribution in [0.2, 0.25) is 0 Å². The van der Waals surface area contributed by atoms with Gasteiger partial charge in [0, 0.05) is 30.3 Å². The lowest BCUT2D eigenvalue weighted by atomic mass is 9.99. The van der Waals surface area contributed by atoms with Gasteiger partial charge < -0.3 is 20.1 Å². The van der Waals surface area contributed by atoms with E-state index in [2.05, 4.69) is 20.1 Å². The van der Waals surface area contributed by atoms with E-state index in [1.165, 1.54) is 12.1 Å². The summed E-state index contributed by atoms with van der Waals surface area (Å²) in [6.45, 7) is 0.472. The van der Waals surface area contributed by atoms with E-state index >= 15 is 0 Å². The molecule has 2 N–H and O–H groups in total. The lowest BCUT2D eigenvalue weighted by molar-refractivity contribution is -0.286. The minimum Gasteiger partial charge on any atom is -0.395 e. The highest BCUT2D eigenvalue weighted by Crippen LogP contribution is 2.46. The van der Waals surface area contributed by atoms with E-state index < -0.39 is 41.7 Å². The molecule has 0 spiro atoms. The summed E-state index contributed by atoms with van der Waals surface area (Å²) in [6.07, 6.45) is -13.6. The molecule has 1 amide bonds. The van der Waals surface area contributed by atoms with Crippen LogP contribution in [0.5, 0.6) is 11.5 Å². The maximum absolute atomic E-state index is 13.4. The fraction of sp³-hybridized carbons (Fsp3) is 0.409. The van der Waals surface area contributed by atoms with Crippen LogP contribution in [0.15, 0.2) is 30.3 Å². The number of amides is 1. The van der Waals surface area contributed by atoms with Crippen LogP contribution in [0.4, 0.5) is 40.8 Å². The molecule has 190 valence electrons. The molecular formula is C22H18F8N2O3. The number of aryl methyl sites for hydroxylation is 1. The van der Waals surface area contributed by atoms with Crippen molar-refractivity contribution in [2.75, 3.05) is 11.9 Å². The molecule has 0 saturated carbocycles. The largest absolute Gasteiger partial charge is 0.586 e. The fourth-order valence-electron chi connectivity index (χ4n) is 3.98. The molecule has 2 aromatic carbocycles. The highest BCUT2D eigenvalue weighted by Gasteiger charge is 2.44. The van der Waals surface area contributed by atoms with Crippen molar-refractivity contribution in [3.8, 4) is 11.5 Å². The van der Waals surface area contributed by atoms with Gasteiger partial charge in [0.25, 0.3) is 0 Å². The Morgan fingerprint density at radius 3 is 2.17 bits per heavy atom. The van der Waals surface area contributed by atoms with Crippen LogP contribution < -0.4 is 20.1 Å². The summed E-state index contributed by atoms with van der Waals surface area (Å²) < 4.78 is 114. The smallest absolute Gasteiger partial charge is 0.395 e. The Kier molecular flexibility index (Phi) is 6.22. The summed E-state index contributed by atoms with van der Waals surface area (Å²) in [7, 11) is 0. The Morgan fingerprint density at radius 1 is 0.971 bits per heavy atom. The lowest BCUT2D eigenvalue weighted by Crippen LogP contribution is -2.28. The number of hydrogen-bond donors (Lipinski definition) is 2. The summed E-state index contributed by atoms with van der Waals surface area (Å²) in [4.78, 5) is 12.6. The van der Waals surface area contributed by atoms with Gasteiger partial charge in [-0.3, -0.25) is 4.79 Å². The minimum absolute atomic E-state index is 0.0206. The number of anilines is 1. The Hall–Kier alpha value is -3.25. The van der Waals surface area contributed by atoms with Crippen molar-refractivity contribution in [1.82, 2.24) is 5.32 Å². The number of hydrogen-bond acceptors (Lipinski definition) is 4. The molecule has 0 aromatic heterocycles. The highest BCUT2D eigenvalue weighted by atomic mass is 19.4. The van der Waals surface area contributed by atoms with Gasteiger partial charge in [-0.25, -0.2) is 0 Å². The van der Waals surface area contributed by atoms with Crippen LogP contribution >= 0.6 is 0 Å². The van der Waals surface area contributed by atoms with E-state index in [1.54, 1.807) is 0 Å². The molecule has 0 radical (unpaired) electrons.